The van der Waals surface area contributed by atoms with Gasteiger partial charge < -0.3 is 31.5 Å². The number of aromatic hydroxyl groups is 2. The zero-order valence-corrected chi connectivity index (χ0v) is 57.9. The smallest absolute Gasteiger partial charge is 0.397 e. The number of benzene rings is 7. The summed E-state index contributed by atoms with van der Waals surface area (Å²) in [5.74, 6) is -3.84. The summed E-state index contributed by atoms with van der Waals surface area (Å²) in [6, 6.07) is 18.8. The first-order chi connectivity index (χ1) is 47.7. The third-order valence-corrected chi connectivity index (χ3v) is 19.5. The van der Waals surface area contributed by atoms with Gasteiger partial charge in [-0.25, -0.2) is 32.6 Å². The maximum absolute atomic E-state index is 13.0. The predicted molar refractivity (Wildman–Crippen MR) is 355 cm³/mol. The summed E-state index contributed by atoms with van der Waals surface area (Å²) in [4.78, 5) is 22.3. The zero-order valence-electron chi connectivity index (χ0n) is 49.8. The number of rotatable bonds is 34. The fourth-order valence-corrected chi connectivity index (χ4v) is 13.8. The molecule has 0 bridgehead atoms. The molecule has 0 aliphatic heterocycles. The van der Waals surface area contributed by atoms with Crippen LogP contribution in [0.2, 0.25) is 10.6 Å². The molecule has 7 aromatic carbocycles. The van der Waals surface area contributed by atoms with Gasteiger partial charge in [0.15, 0.2) is 21.3 Å². The number of sulfone groups is 1. The normalized spacial score (nSPS) is 12.9. The van der Waals surface area contributed by atoms with Gasteiger partial charge in [0.05, 0.1) is 91.7 Å². The van der Waals surface area contributed by atoms with Gasteiger partial charge in [-0.1, -0.05) is 39.4 Å². The number of phenols is 2. The third kappa shape index (κ3) is 21.1. The first-order valence-electron chi connectivity index (χ1n) is 27.1. The molecule has 101 heavy (non-hydrogen) atoms. The van der Waals surface area contributed by atoms with E-state index < -0.39 is 112 Å². The molecule has 0 saturated heterocycles. The van der Waals surface area contributed by atoms with Crippen molar-refractivity contribution in [3.63, 3.8) is 0 Å². The molecule has 13 N–H and O–H groups in total. The molecule has 2 aromatic heterocycles. The maximum atomic E-state index is 13.0. The Bertz CT molecular complexity index is 5320. The average Bonchev–Trinajstić information content (AvgIpc) is 0.759. The summed E-state index contributed by atoms with van der Waals surface area (Å²) >= 11 is 13.6. The Labute approximate surface area is 590 Å². The molecule has 9 aromatic rings. The van der Waals surface area contributed by atoms with E-state index in [0.717, 1.165) is 47.3 Å². The molecule has 51 heteroatoms. The highest BCUT2D eigenvalue weighted by Gasteiger charge is 2.28. The number of aromatic nitrogens is 6. The van der Waals surface area contributed by atoms with Crippen LogP contribution in [0.4, 0.5) is 57.9 Å². The van der Waals surface area contributed by atoms with Gasteiger partial charge in [0.1, 0.15) is 22.0 Å². The number of hydrogen-bond donors (Lipinski definition) is 13. The third-order valence-electron chi connectivity index (χ3n) is 13.1. The van der Waals surface area contributed by atoms with Crippen molar-refractivity contribution in [1.82, 2.24) is 29.9 Å². The highest BCUT2D eigenvalue weighted by atomic mass is 35.5. The van der Waals surface area contributed by atoms with Crippen molar-refractivity contribution >= 4 is 200 Å². The predicted octanol–water partition coefficient (Wildman–Crippen LogP) is 10.6. The zero-order chi connectivity index (χ0) is 73.2. The Morgan fingerprint density at radius 3 is 1.76 bits per heavy atom. The minimum absolute atomic E-state index is 0.00863. The van der Waals surface area contributed by atoms with Gasteiger partial charge in [-0.2, -0.15) is 68.7 Å². The van der Waals surface area contributed by atoms with Gasteiger partial charge >= 0.3 is 20.8 Å². The summed E-state index contributed by atoms with van der Waals surface area (Å²) in [6.45, 7) is 0.260. The summed E-state index contributed by atoms with van der Waals surface area (Å²) in [5, 5.41) is 89.5. The van der Waals surface area contributed by atoms with Gasteiger partial charge in [0.2, 0.25) is 34.4 Å². The molecular formula is C50H44Cl2N14O27S8. The molecule has 1 unspecified atom stereocenters. The summed E-state index contributed by atoms with van der Waals surface area (Å²) < 4.78 is 182. The average molecular weight is 1600 g/mol. The molecule has 0 aliphatic rings. The summed E-state index contributed by atoms with van der Waals surface area (Å²) in [7, 11) is -24.3. The van der Waals surface area contributed by atoms with Crippen molar-refractivity contribution in [2.75, 3.05) is 46.8 Å². The van der Waals surface area contributed by atoms with E-state index in [1.54, 1.807) is 37.3 Å². The van der Waals surface area contributed by atoms with Crippen molar-refractivity contribution in [3.05, 3.63) is 107 Å². The molecule has 0 spiro atoms. The lowest BCUT2D eigenvalue weighted by Crippen LogP contribution is -2.27. The Kier molecular flexibility index (Phi) is 25.3. The van der Waals surface area contributed by atoms with E-state index in [1.807, 2.05) is 6.07 Å². The molecule has 0 fully saturated rings. The van der Waals surface area contributed by atoms with Crippen LogP contribution in [-0.2, 0) is 93.8 Å². The van der Waals surface area contributed by atoms with Crippen molar-refractivity contribution in [1.29, 1.82) is 0 Å². The molecular weight excluding hydrogens is 1560 g/mol. The Morgan fingerprint density at radius 1 is 0.535 bits per heavy atom. The van der Waals surface area contributed by atoms with Crippen LogP contribution in [0.5, 0.6) is 11.5 Å². The molecule has 1 atom stereocenters. The van der Waals surface area contributed by atoms with Crippen molar-refractivity contribution in [3.8, 4) is 11.5 Å². The summed E-state index contributed by atoms with van der Waals surface area (Å²) in [6.07, 6.45) is 0.696. The van der Waals surface area contributed by atoms with Crippen molar-refractivity contribution in [2.24, 2.45) is 20.5 Å². The van der Waals surface area contributed by atoms with Crippen molar-refractivity contribution < 1.29 is 123 Å². The van der Waals surface area contributed by atoms with E-state index in [4.69, 9.17) is 48.1 Å². The first-order valence-corrected chi connectivity index (χ1v) is 37.3. The van der Waals surface area contributed by atoms with E-state index >= 15 is 0 Å². The Morgan fingerprint density at radius 2 is 1.11 bits per heavy atom. The minimum atomic E-state index is -5.34. The van der Waals surface area contributed by atoms with E-state index in [1.165, 1.54) is 18.2 Å². The molecule has 0 aliphatic carbocycles. The number of halogens is 2. The second kappa shape index (κ2) is 33.1. The topological polar surface area (TPSA) is 602 Å². The number of azo groups is 2. The number of phenolic OH excluding ortho intramolecular Hbond substituents is 2. The molecule has 2 heterocycles. The van der Waals surface area contributed by atoms with Crippen LogP contribution in [0.1, 0.15) is 18.9 Å². The Balaban J connectivity index is 0.967. The highest BCUT2D eigenvalue weighted by molar-refractivity contribution is 7.95. The van der Waals surface area contributed by atoms with Crippen LogP contribution >= 0.6 is 59.3 Å². The van der Waals surface area contributed by atoms with Crippen LogP contribution in [-0.4, -0.2) is 148 Å². The van der Waals surface area contributed by atoms with Gasteiger partial charge in [-0.05, 0) is 137 Å². The SMILES string of the molecule is CC(CNc1nc(Cl)nc(Nc2cc(SOOO)cc3cc(S(=O)(=O)O)c(N=Nc4ccc(S(=O)(=O)CCOS(=O)(=O)O)cc4SOOO)c(O)c23)n1)Nc1nc(Cl)nc(Nc2cc(S(=O)(=O)O)cc3cc(SOOO)c(N=Nc4ccc5cc(CCCOS(=O)(=O)O)ccc5c4)c(O)c23)n1. The van der Waals surface area contributed by atoms with Crippen LogP contribution in [0.3, 0.4) is 0 Å². The lowest BCUT2D eigenvalue weighted by Gasteiger charge is -2.17. The number of fused-ring (bicyclic) bond motifs is 3. The second-order valence-electron chi connectivity index (χ2n) is 19.9. The van der Waals surface area contributed by atoms with E-state index in [-0.39, 0.29) is 120 Å². The summed E-state index contributed by atoms with van der Waals surface area (Å²) in [5.41, 5.74) is -0.996. The van der Waals surface area contributed by atoms with Crippen LogP contribution in [0.15, 0.2) is 141 Å². The number of anilines is 6. The molecule has 0 amide bonds. The van der Waals surface area contributed by atoms with E-state index in [9.17, 15) is 61.4 Å². The molecule has 41 nitrogen and oxygen atoms in total. The van der Waals surface area contributed by atoms with E-state index in [0.29, 0.717) is 35.9 Å². The molecule has 9 rings (SSSR count). The van der Waals surface area contributed by atoms with Gasteiger partial charge in [0, 0.05) is 28.3 Å². The lowest BCUT2D eigenvalue weighted by atomic mass is 10.0. The van der Waals surface area contributed by atoms with Crippen LogP contribution in [0, 0.1) is 0 Å². The molecule has 0 radical (unpaired) electrons. The number of hydrogen-bond acceptors (Lipinski definition) is 40. The van der Waals surface area contributed by atoms with E-state index in [2.05, 4.69) is 108 Å². The Hall–Kier alpha value is -7.88. The van der Waals surface area contributed by atoms with Gasteiger partial charge in [0.25, 0.3) is 20.2 Å². The number of aryl methyl sites for hydroxylation is 1. The monoisotopic (exact) mass is 1600 g/mol. The van der Waals surface area contributed by atoms with Crippen LogP contribution < -0.4 is 21.3 Å². The quantitative estimate of drug-likeness (QED) is 0.00445. The minimum Gasteiger partial charge on any atom is -0.505 e. The van der Waals surface area contributed by atoms with Gasteiger partial charge in [-0.3, -0.25) is 18.2 Å². The number of nitrogens with one attached hydrogen (secondary N) is 4. The largest absolute Gasteiger partial charge is 0.505 e. The molecule has 538 valence electrons. The molecule has 0 saturated carbocycles. The fraction of sp³-hybridized carbons (Fsp3) is 0.160. The lowest BCUT2D eigenvalue weighted by molar-refractivity contribution is -0.432. The maximum Gasteiger partial charge on any atom is 0.397 e. The highest BCUT2D eigenvalue weighted by Crippen LogP contribution is 2.49. The fourth-order valence-electron chi connectivity index (χ4n) is 8.99. The van der Waals surface area contributed by atoms with Crippen LogP contribution in [0.25, 0.3) is 32.3 Å². The van der Waals surface area contributed by atoms with Gasteiger partial charge in [-0.15, -0.1) is 28.3 Å². The number of nitrogens with zero attached hydrogens (tertiary/aromatic N) is 10. The van der Waals surface area contributed by atoms with Crippen molar-refractivity contribution in [2.45, 2.75) is 55.2 Å². The first kappa shape index (κ1) is 77.3. The standard InChI is InChI=1S/C50H44Cl2N14O27S8/c1-23(54-48-58-46(52)60-50(62-48)56-35-20-32(98(74,75)76)16-28-17-37(96-93-90-71)41(43(67)40(28)35)65-63-29-7-6-25-13-24(4-5-26(25)14-29)3-2-10-86-100(80,81)82)22-53-47-57-45(51)59-49(61-47)55-34-19-30(94-91-88-69)15-27-18-38(99(77,78)79)42(44(68)39(27)34)66-64-33-9-8-31(21-36(33)95-92-89-70)97(72,73)12-11-87-101(83,84)85/h4-9,13-21,23,67-71H,2-3,10-12,22H2,1H3,(H,74,75,76)(H,77,78,79)(H,80,81,82)(H,83,84,85)(H2,53,55,57,59,61)(H2,54,56,58,60,62). The second-order valence-corrected chi connectivity index (χ2v) is 29.9.